The molecule has 2 nitrogen and oxygen atoms in total. The van der Waals surface area contributed by atoms with E-state index in [4.69, 9.17) is 0 Å². The molecule has 0 aliphatic carbocycles. The molecule has 4 heteroatoms. The van der Waals surface area contributed by atoms with Crippen LogP contribution in [0.4, 0.5) is 0 Å². The summed E-state index contributed by atoms with van der Waals surface area (Å²) in [7, 11) is 0. The van der Waals surface area contributed by atoms with E-state index in [1.165, 1.54) is 0 Å². The van der Waals surface area contributed by atoms with Gasteiger partial charge in [0.2, 0.25) is 0 Å². The Morgan fingerprint density at radius 3 is 2.79 bits per heavy atom. The molecule has 0 fully saturated rings. The average molecular weight is 319 g/mol. The predicted molar refractivity (Wildman–Crippen MR) is 66.5 cm³/mol. The first-order valence-electron chi connectivity index (χ1n) is 4.08. The molecule has 0 radical (unpaired) electrons. The summed E-state index contributed by atoms with van der Waals surface area (Å²) in [5, 5.41) is 2.98. The summed E-state index contributed by atoms with van der Waals surface area (Å²) in [6, 6.07) is 7.41. The van der Waals surface area contributed by atoms with Crippen LogP contribution < -0.4 is 0 Å². The van der Waals surface area contributed by atoms with E-state index in [0.29, 0.717) is 0 Å². The molecule has 0 spiro atoms. The lowest BCUT2D eigenvalue weighted by Gasteiger charge is -2.03. The van der Waals surface area contributed by atoms with Crippen molar-refractivity contribution in [2.45, 2.75) is 13.0 Å². The molecule has 0 N–H and O–H groups in total. The Morgan fingerprint density at radius 1 is 1.50 bits per heavy atom. The Morgan fingerprint density at radius 2 is 2.21 bits per heavy atom. The fourth-order valence-electron chi connectivity index (χ4n) is 1.10. The molecule has 1 aromatic carbocycles. The van der Waals surface area contributed by atoms with Gasteiger partial charge in [-0.15, -0.1) is 0 Å². The molecule has 0 aliphatic rings. The van der Waals surface area contributed by atoms with Gasteiger partial charge in [0.15, 0.2) is 0 Å². The van der Waals surface area contributed by atoms with Crippen molar-refractivity contribution < 1.29 is 0 Å². The maximum Gasteiger partial charge on any atom is 0.114 e. The first-order chi connectivity index (χ1) is 6.63. The van der Waals surface area contributed by atoms with Crippen LogP contribution in [0, 0.1) is 4.91 Å². The fraction of sp³-hybridized carbons (Fsp3) is 0.200. The molecule has 0 heterocycles. The molecule has 1 rings (SSSR count). The van der Waals surface area contributed by atoms with E-state index in [1.807, 2.05) is 30.3 Å². The normalized spacial score (nSPS) is 11.9. The number of hydrogen-bond acceptors (Lipinski definition) is 2. The van der Waals surface area contributed by atoms with Crippen LogP contribution in [-0.2, 0) is 0 Å². The quantitative estimate of drug-likeness (QED) is 0.749. The highest BCUT2D eigenvalue weighted by Gasteiger charge is 2.04. The second kappa shape index (κ2) is 5.41. The van der Waals surface area contributed by atoms with Gasteiger partial charge in [-0.25, -0.2) is 0 Å². The Kier molecular flexibility index (Phi) is 4.48. The van der Waals surface area contributed by atoms with Crippen LogP contribution in [0.5, 0.6) is 0 Å². The summed E-state index contributed by atoms with van der Waals surface area (Å²) < 4.78 is 0.869. The lowest BCUT2D eigenvalue weighted by molar-refractivity contribution is 0.811. The second-order valence-electron chi connectivity index (χ2n) is 2.89. The van der Waals surface area contributed by atoms with Crippen molar-refractivity contribution in [1.29, 1.82) is 0 Å². The van der Waals surface area contributed by atoms with Crippen molar-refractivity contribution in [3.8, 4) is 0 Å². The smallest absolute Gasteiger partial charge is 0.114 e. The van der Waals surface area contributed by atoms with Crippen LogP contribution in [-0.4, -0.2) is 0 Å². The summed E-state index contributed by atoms with van der Waals surface area (Å²) in [5.74, 6) is 0. The van der Waals surface area contributed by atoms with E-state index in [0.717, 1.165) is 14.5 Å². The van der Waals surface area contributed by atoms with E-state index < -0.39 is 0 Å². The SMILES string of the molecule is CC(N=O)c1cccc(C=C(Br)Br)c1. The molecular weight excluding hydrogens is 310 g/mol. The van der Waals surface area contributed by atoms with Crippen molar-refractivity contribution in [2.24, 2.45) is 5.18 Å². The van der Waals surface area contributed by atoms with Crippen LogP contribution in [0.1, 0.15) is 24.1 Å². The summed E-state index contributed by atoms with van der Waals surface area (Å²) in [4.78, 5) is 10.4. The minimum absolute atomic E-state index is 0.294. The van der Waals surface area contributed by atoms with Crippen molar-refractivity contribution in [3.05, 3.63) is 43.7 Å². The zero-order chi connectivity index (χ0) is 10.6. The van der Waals surface area contributed by atoms with E-state index >= 15 is 0 Å². The lowest BCUT2D eigenvalue weighted by Crippen LogP contribution is -1.88. The third-order valence-corrected chi connectivity index (χ3v) is 2.28. The molecule has 74 valence electrons. The molecule has 0 aliphatic heterocycles. The molecule has 0 aromatic heterocycles. The van der Waals surface area contributed by atoms with Crippen LogP contribution in [0.25, 0.3) is 6.08 Å². The standard InChI is InChI=1S/C10H9Br2NO/c1-7(13-14)9-4-2-3-8(5-9)6-10(11)12/h2-7H,1H3. The number of halogens is 2. The summed E-state index contributed by atoms with van der Waals surface area (Å²) in [5.41, 5.74) is 1.96. The Bertz CT molecular complexity index is 359. The third-order valence-electron chi connectivity index (χ3n) is 1.83. The molecule has 0 bridgehead atoms. The van der Waals surface area contributed by atoms with Crippen molar-refractivity contribution in [2.75, 3.05) is 0 Å². The summed E-state index contributed by atoms with van der Waals surface area (Å²) in [6.45, 7) is 1.78. The topological polar surface area (TPSA) is 29.4 Å². The van der Waals surface area contributed by atoms with Gasteiger partial charge in [0.05, 0.1) is 3.39 Å². The Hall–Kier alpha value is -0.480. The van der Waals surface area contributed by atoms with Crippen LogP contribution in [0.15, 0.2) is 32.8 Å². The number of hydrogen-bond donors (Lipinski definition) is 0. The molecule has 14 heavy (non-hydrogen) atoms. The van der Waals surface area contributed by atoms with E-state index in [1.54, 1.807) is 6.92 Å². The molecule has 1 atom stereocenters. The Labute approximate surface area is 99.6 Å². The monoisotopic (exact) mass is 317 g/mol. The summed E-state index contributed by atoms with van der Waals surface area (Å²) >= 11 is 6.56. The maximum atomic E-state index is 10.4. The zero-order valence-electron chi connectivity index (χ0n) is 7.58. The first kappa shape index (κ1) is 11.6. The molecule has 0 saturated heterocycles. The van der Waals surface area contributed by atoms with Crippen molar-refractivity contribution >= 4 is 37.9 Å². The average Bonchev–Trinajstić information content (AvgIpc) is 2.16. The molecule has 0 amide bonds. The predicted octanol–water partition coefficient (Wildman–Crippen LogP) is 4.60. The van der Waals surface area contributed by atoms with Gasteiger partial charge in [0.25, 0.3) is 0 Å². The van der Waals surface area contributed by atoms with Gasteiger partial charge >= 0.3 is 0 Å². The van der Waals surface area contributed by atoms with E-state index in [9.17, 15) is 4.91 Å². The van der Waals surface area contributed by atoms with Crippen LogP contribution in [0.3, 0.4) is 0 Å². The molecule has 0 saturated carbocycles. The summed E-state index contributed by atoms with van der Waals surface area (Å²) in [6.07, 6.45) is 1.92. The third kappa shape index (κ3) is 3.35. The molecule has 1 aromatic rings. The minimum atomic E-state index is -0.294. The van der Waals surface area contributed by atoms with Crippen molar-refractivity contribution in [3.63, 3.8) is 0 Å². The molecular formula is C10H9Br2NO. The highest BCUT2D eigenvalue weighted by atomic mass is 79.9. The fourth-order valence-corrected chi connectivity index (χ4v) is 1.62. The number of nitroso groups, excluding NO2 is 1. The van der Waals surface area contributed by atoms with Crippen LogP contribution >= 0.6 is 31.9 Å². The van der Waals surface area contributed by atoms with Gasteiger partial charge in [-0.05, 0) is 62.1 Å². The zero-order valence-corrected chi connectivity index (χ0v) is 10.7. The van der Waals surface area contributed by atoms with Gasteiger partial charge in [0, 0.05) is 0 Å². The van der Waals surface area contributed by atoms with Gasteiger partial charge < -0.3 is 0 Å². The molecule has 1 unspecified atom stereocenters. The Balaban J connectivity index is 3.01. The first-order valence-corrected chi connectivity index (χ1v) is 5.67. The highest BCUT2D eigenvalue weighted by molar-refractivity contribution is 9.28. The van der Waals surface area contributed by atoms with Gasteiger partial charge in [-0.3, -0.25) is 0 Å². The minimum Gasteiger partial charge on any atom is -0.150 e. The lowest BCUT2D eigenvalue weighted by atomic mass is 10.1. The maximum absolute atomic E-state index is 10.4. The van der Waals surface area contributed by atoms with E-state index in [2.05, 4.69) is 37.0 Å². The number of nitrogens with zero attached hydrogens (tertiary/aromatic N) is 1. The largest absolute Gasteiger partial charge is 0.150 e. The van der Waals surface area contributed by atoms with Gasteiger partial charge in [-0.2, -0.15) is 4.91 Å². The van der Waals surface area contributed by atoms with Crippen LogP contribution in [0.2, 0.25) is 0 Å². The van der Waals surface area contributed by atoms with Gasteiger partial charge in [0.1, 0.15) is 6.04 Å². The van der Waals surface area contributed by atoms with Crippen molar-refractivity contribution in [1.82, 2.24) is 0 Å². The number of rotatable bonds is 3. The van der Waals surface area contributed by atoms with E-state index in [-0.39, 0.29) is 6.04 Å². The highest BCUT2D eigenvalue weighted by Crippen LogP contribution is 2.22. The second-order valence-corrected chi connectivity index (χ2v) is 5.66. The van der Waals surface area contributed by atoms with Gasteiger partial charge in [-0.1, -0.05) is 23.4 Å². The number of benzene rings is 1.